The maximum Gasteiger partial charge on any atom is 0.415 e. The first-order chi connectivity index (χ1) is 18.3. The molecule has 2 bridgehead atoms. The van der Waals surface area contributed by atoms with E-state index in [2.05, 4.69) is 24.3 Å². The molecule has 39 heavy (non-hydrogen) atoms. The largest absolute Gasteiger partial charge is 1.00 e. The topological polar surface area (TPSA) is 29.5 Å². The van der Waals surface area contributed by atoms with Crippen LogP contribution in [0.2, 0.25) is 0 Å². The lowest BCUT2D eigenvalue weighted by Crippen LogP contribution is -3.00. The summed E-state index contributed by atoms with van der Waals surface area (Å²) in [5, 5.41) is 0. The summed E-state index contributed by atoms with van der Waals surface area (Å²) >= 11 is 0. The number of quaternary nitrogens is 1. The van der Waals surface area contributed by atoms with Crippen molar-refractivity contribution >= 4 is 11.8 Å². The molecule has 0 aromatic heterocycles. The Balaban J connectivity index is 0.00000353. The Morgan fingerprint density at radius 1 is 0.949 bits per heavy atom. The van der Waals surface area contributed by atoms with Crippen LogP contribution in [0.3, 0.4) is 0 Å². The van der Waals surface area contributed by atoms with Crippen molar-refractivity contribution in [3.63, 3.8) is 0 Å². The molecule has 8 heteroatoms. The number of nitrogens with zero attached hydrogens (tertiary/aromatic N) is 2. The van der Waals surface area contributed by atoms with Crippen molar-refractivity contribution in [2.24, 2.45) is 5.92 Å². The summed E-state index contributed by atoms with van der Waals surface area (Å²) in [6.07, 6.45) is 3.28. The predicted octanol–water partition coefficient (Wildman–Crippen LogP) is 3.80. The lowest BCUT2D eigenvalue weighted by molar-refractivity contribution is -0.946. The number of carbonyl (C=O) groups is 1. The molecule has 3 saturated heterocycles. The number of halogens is 4. The van der Waals surface area contributed by atoms with Crippen molar-refractivity contribution < 1.29 is 44.2 Å². The molecule has 3 aromatic rings. The van der Waals surface area contributed by atoms with Crippen molar-refractivity contribution in [2.45, 2.75) is 45.3 Å². The van der Waals surface area contributed by atoms with Gasteiger partial charge in [0.2, 0.25) is 0 Å². The third-order valence-corrected chi connectivity index (χ3v) is 8.19. The van der Waals surface area contributed by atoms with E-state index in [-0.39, 0.29) is 35.2 Å². The Bertz CT molecular complexity index is 1280. The van der Waals surface area contributed by atoms with Crippen LogP contribution in [-0.2, 0) is 17.7 Å². The van der Waals surface area contributed by atoms with E-state index in [0.717, 1.165) is 68.0 Å². The highest BCUT2D eigenvalue weighted by molar-refractivity contribution is 5.87. The quantitative estimate of drug-likeness (QED) is 0.290. The van der Waals surface area contributed by atoms with Gasteiger partial charge in [-0.2, -0.15) is 0 Å². The first kappa shape index (κ1) is 29.2. The van der Waals surface area contributed by atoms with E-state index < -0.39 is 23.5 Å². The minimum Gasteiger partial charge on any atom is -1.00 e. The highest BCUT2D eigenvalue weighted by Gasteiger charge is 2.47. The normalized spacial score (nSPS) is 21.7. The van der Waals surface area contributed by atoms with Crippen LogP contribution < -0.4 is 21.9 Å². The first-order valence-corrected chi connectivity index (χ1v) is 13.4. The molecule has 3 fully saturated rings. The van der Waals surface area contributed by atoms with E-state index in [4.69, 9.17) is 4.74 Å². The Morgan fingerprint density at radius 2 is 1.67 bits per heavy atom. The number of carbonyl (C=O) groups excluding carboxylic acids is 1. The maximum atomic E-state index is 14.5. The molecule has 1 amide bonds. The molecule has 0 N–H and O–H groups in total. The smallest absolute Gasteiger partial charge is 0.415 e. The van der Waals surface area contributed by atoms with E-state index in [1.54, 1.807) is 18.2 Å². The van der Waals surface area contributed by atoms with Gasteiger partial charge in [-0.05, 0) is 42.7 Å². The molecule has 4 nitrogen and oxygen atoms in total. The Hall–Kier alpha value is -2.84. The molecule has 3 aromatic carbocycles. The summed E-state index contributed by atoms with van der Waals surface area (Å²) in [5.74, 6) is -3.02. The van der Waals surface area contributed by atoms with E-state index in [9.17, 15) is 18.0 Å². The Morgan fingerprint density at radius 3 is 2.38 bits per heavy atom. The number of amides is 1. The maximum absolute atomic E-state index is 14.5. The van der Waals surface area contributed by atoms with Crippen LogP contribution in [0.4, 0.5) is 23.7 Å². The van der Waals surface area contributed by atoms with Gasteiger partial charge in [-0.25, -0.2) is 18.0 Å². The summed E-state index contributed by atoms with van der Waals surface area (Å²) < 4.78 is 49.1. The van der Waals surface area contributed by atoms with Crippen molar-refractivity contribution in [2.75, 3.05) is 31.1 Å². The Labute approximate surface area is 238 Å². The Kier molecular flexibility index (Phi) is 9.39. The summed E-state index contributed by atoms with van der Waals surface area (Å²) in [6.45, 7) is 5.62. The second-order valence-corrected chi connectivity index (χ2v) is 10.8. The molecule has 6 rings (SSSR count). The fourth-order valence-corrected chi connectivity index (χ4v) is 6.04. The van der Waals surface area contributed by atoms with Crippen molar-refractivity contribution in [3.8, 4) is 0 Å². The third kappa shape index (κ3) is 6.84. The first-order valence-electron chi connectivity index (χ1n) is 13.4. The van der Waals surface area contributed by atoms with Gasteiger partial charge < -0.3 is 26.2 Å². The van der Waals surface area contributed by atoms with Crippen LogP contribution in [0, 0.1) is 30.3 Å². The minimum atomic E-state index is -1.26. The zero-order chi connectivity index (χ0) is 26.7. The summed E-state index contributed by atoms with van der Waals surface area (Å²) in [6, 6.07) is 19.0. The van der Waals surface area contributed by atoms with Crippen LogP contribution in [0.5, 0.6) is 0 Å². The average Bonchev–Trinajstić information content (AvgIpc) is 2.91. The number of hydrogen-bond acceptors (Lipinski definition) is 2. The lowest BCUT2D eigenvalue weighted by atomic mass is 9.83. The molecule has 3 aliphatic rings. The molecule has 1 atom stereocenters. The van der Waals surface area contributed by atoms with E-state index in [1.807, 2.05) is 19.1 Å². The van der Waals surface area contributed by atoms with Crippen LogP contribution in [0.15, 0.2) is 66.7 Å². The van der Waals surface area contributed by atoms with Crippen LogP contribution >= 0.6 is 0 Å². The van der Waals surface area contributed by atoms with Gasteiger partial charge in [0, 0.05) is 42.5 Å². The van der Waals surface area contributed by atoms with E-state index in [0.29, 0.717) is 17.7 Å². The van der Waals surface area contributed by atoms with Gasteiger partial charge in [0.05, 0.1) is 26.2 Å². The van der Waals surface area contributed by atoms with E-state index >= 15 is 0 Å². The molecular weight excluding hydrogens is 569 g/mol. The lowest BCUT2D eigenvalue weighted by Gasteiger charge is -2.52. The number of fused-ring (bicyclic) bond motifs is 3. The predicted molar refractivity (Wildman–Crippen MR) is 141 cm³/mol. The van der Waals surface area contributed by atoms with Gasteiger partial charge in [-0.3, -0.25) is 4.90 Å². The van der Waals surface area contributed by atoms with Gasteiger partial charge in [-0.15, -0.1) is 0 Å². The number of rotatable bonds is 8. The second-order valence-electron chi connectivity index (χ2n) is 10.8. The molecule has 3 aliphatic heterocycles. The number of anilines is 1. The summed E-state index contributed by atoms with van der Waals surface area (Å²) in [7, 11) is 0. The summed E-state index contributed by atoms with van der Waals surface area (Å²) in [5.41, 5.74) is 2.66. The average molecular weight is 604 g/mol. The molecule has 0 spiro atoms. The monoisotopic (exact) mass is 602 g/mol. The van der Waals surface area contributed by atoms with Crippen molar-refractivity contribution in [1.29, 1.82) is 0 Å². The number of piperidine rings is 3. The van der Waals surface area contributed by atoms with Gasteiger partial charge in [0.15, 0.2) is 17.7 Å². The fraction of sp³-hybridized carbons (Fsp3) is 0.387. The summed E-state index contributed by atoms with van der Waals surface area (Å²) in [4.78, 5) is 14.9. The SMILES string of the molecule is Cc1cccc(N(Cc2cc(F)c(F)cc2F)C(=O)O[C@H]2C[N+]3(CCCc4ccccc4)CCC2CC3)c1.[Br-]. The molecular formula is C31H34BrF3N2O2. The zero-order valence-corrected chi connectivity index (χ0v) is 23.7. The minimum absolute atomic E-state index is 0. The van der Waals surface area contributed by atoms with Gasteiger partial charge in [0.1, 0.15) is 12.4 Å². The second kappa shape index (κ2) is 12.6. The number of hydrogen-bond donors (Lipinski definition) is 0. The van der Waals surface area contributed by atoms with E-state index in [1.165, 1.54) is 10.5 Å². The van der Waals surface area contributed by atoms with Crippen LogP contribution in [0.1, 0.15) is 36.0 Å². The molecule has 0 saturated carbocycles. The van der Waals surface area contributed by atoms with Gasteiger partial charge in [-0.1, -0.05) is 42.5 Å². The number of benzene rings is 3. The molecule has 3 heterocycles. The van der Waals surface area contributed by atoms with Gasteiger partial charge in [0.25, 0.3) is 0 Å². The van der Waals surface area contributed by atoms with Gasteiger partial charge >= 0.3 is 6.09 Å². The van der Waals surface area contributed by atoms with Crippen molar-refractivity contribution in [1.82, 2.24) is 0 Å². The molecule has 208 valence electrons. The number of aryl methyl sites for hydroxylation is 2. The zero-order valence-electron chi connectivity index (χ0n) is 22.1. The molecule has 0 unspecified atom stereocenters. The molecule has 0 aliphatic carbocycles. The fourth-order valence-electron chi connectivity index (χ4n) is 6.04. The van der Waals surface area contributed by atoms with Crippen molar-refractivity contribution in [3.05, 3.63) is 101 Å². The molecule has 0 radical (unpaired) electrons. The number of ether oxygens (including phenoxy) is 1. The highest BCUT2D eigenvalue weighted by atomic mass is 79.9. The standard InChI is InChI=1S/C31H34F3N2O2.BrH/c1-22-7-5-11-26(17-22)35(20-25-18-28(33)29(34)19-27(25)32)31(37)38-30-21-36(15-12-24(30)13-16-36)14-6-10-23-8-3-2-4-9-23;/h2-5,7-9,11,17-19,24,30H,6,10,12-16,20-21H2,1H3;1H/q+1;/p-1/t24?,30-,36?;/m0./s1. The highest BCUT2D eigenvalue weighted by Crippen LogP contribution is 2.36. The van der Waals surface area contributed by atoms with Crippen LogP contribution in [0.25, 0.3) is 0 Å². The third-order valence-electron chi connectivity index (χ3n) is 8.19. The van der Waals surface area contributed by atoms with Crippen LogP contribution in [-0.4, -0.2) is 42.9 Å².